The summed E-state index contributed by atoms with van der Waals surface area (Å²) in [5.41, 5.74) is -0.212. The highest BCUT2D eigenvalue weighted by molar-refractivity contribution is 5.53. The summed E-state index contributed by atoms with van der Waals surface area (Å²) < 4.78 is 64.5. The smallest absolute Gasteiger partial charge is 0.380 e. The van der Waals surface area contributed by atoms with Gasteiger partial charge in [0.15, 0.2) is 11.6 Å². The van der Waals surface area contributed by atoms with Gasteiger partial charge < -0.3 is 19.7 Å². The first-order chi connectivity index (χ1) is 14.3. The minimum atomic E-state index is -4.41. The van der Waals surface area contributed by atoms with Gasteiger partial charge in [0, 0.05) is 18.5 Å². The van der Waals surface area contributed by atoms with Crippen LogP contribution < -0.4 is 10.2 Å². The van der Waals surface area contributed by atoms with E-state index >= 15 is 4.39 Å². The molecule has 30 heavy (non-hydrogen) atoms. The zero-order valence-electron chi connectivity index (χ0n) is 16.4. The highest BCUT2D eigenvalue weighted by Gasteiger charge is 2.35. The maximum absolute atomic E-state index is 15.2. The highest BCUT2D eigenvalue weighted by Crippen LogP contribution is 2.35. The van der Waals surface area contributed by atoms with Gasteiger partial charge in [-0.2, -0.15) is 17.6 Å². The molecule has 2 aliphatic heterocycles. The summed E-state index contributed by atoms with van der Waals surface area (Å²) in [5, 5.41) is 3.02. The molecule has 0 amide bonds. The predicted molar refractivity (Wildman–Crippen MR) is 102 cm³/mol. The lowest BCUT2D eigenvalue weighted by molar-refractivity contribution is -0.137. The van der Waals surface area contributed by atoms with Gasteiger partial charge in [0.25, 0.3) is 0 Å². The fourth-order valence-corrected chi connectivity index (χ4v) is 3.56. The quantitative estimate of drug-likeness (QED) is 0.737. The van der Waals surface area contributed by atoms with Crippen LogP contribution in [0.15, 0.2) is 30.6 Å². The average Bonchev–Trinajstić information content (AvgIpc) is 2.71. The second-order valence-electron chi connectivity index (χ2n) is 7.92. The Morgan fingerprint density at radius 3 is 2.53 bits per heavy atom. The molecule has 6 nitrogen and oxygen atoms in total. The molecule has 0 saturated carbocycles. The van der Waals surface area contributed by atoms with Gasteiger partial charge in [0.2, 0.25) is 5.82 Å². The third-order valence-corrected chi connectivity index (χ3v) is 5.38. The van der Waals surface area contributed by atoms with Crippen molar-refractivity contribution < 1.29 is 27.0 Å². The summed E-state index contributed by atoms with van der Waals surface area (Å²) in [7, 11) is 0. The van der Waals surface area contributed by atoms with Gasteiger partial charge in [-0.15, -0.1) is 0 Å². The molecule has 3 heterocycles. The van der Waals surface area contributed by atoms with E-state index in [1.165, 1.54) is 18.5 Å². The van der Waals surface area contributed by atoms with Gasteiger partial charge in [-0.1, -0.05) is 19.1 Å². The van der Waals surface area contributed by atoms with Gasteiger partial charge in [0.1, 0.15) is 6.33 Å². The van der Waals surface area contributed by atoms with Crippen molar-refractivity contribution in [2.75, 3.05) is 49.7 Å². The Balaban J connectivity index is 1.57. The number of hydrogen-bond donors (Lipinski definition) is 1. The molecule has 0 spiro atoms. The number of hydrogen-bond acceptors (Lipinski definition) is 6. The van der Waals surface area contributed by atoms with Crippen molar-refractivity contribution in [2.45, 2.75) is 19.1 Å². The predicted octanol–water partition coefficient (Wildman–Crippen LogP) is 3.66. The number of nitrogens with one attached hydrogen (secondary N) is 1. The van der Waals surface area contributed by atoms with Crippen LogP contribution in [0.2, 0.25) is 0 Å². The number of nitrogens with zero attached hydrogens (tertiary/aromatic N) is 3. The highest BCUT2D eigenvalue weighted by atomic mass is 19.4. The molecule has 1 aromatic heterocycles. The second kappa shape index (κ2) is 7.99. The Bertz CT molecular complexity index is 887. The summed E-state index contributed by atoms with van der Waals surface area (Å²) >= 11 is 0. The zero-order chi connectivity index (χ0) is 21.4. The number of rotatable bonds is 5. The minimum Gasteiger partial charge on any atom is -0.380 e. The van der Waals surface area contributed by atoms with Crippen molar-refractivity contribution in [2.24, 2.45) is 5.41 Å². The van der Waals surface area contributed by atoms with E-state index in [9.17, 15) is 13.2 Å². The molecule has 2 aromatic rings. The van der Waals surface area contributed by atoms with E-state index in [0.29, 0.717) is 38.5 Å². The summed E-state index contributed by atoms with van der Waals surface area (Å²) in [6, 6.07) is 4.37. The molecule has 1 N–H and O–H groups in total. The Hall–Kier alpha value is -2.46. The Morgan fingerprint density at radius 1 is 1.17 bits per heavy atom. The van der Waals surface area contributed by atoms with Gasteiger partial charge in [0.05, 0.1) is 38.0 Å². The molecular formula is C20H22F4N4O2. The monoisotopic (exact) mass is 426 g/mol. The van der Waals surface area contributed by atoms with Crippen LogP contribution in [0.1, 0.15) is 24.1 Å². The third kappa shape index (κ3) is 4.20. The SMILES string of the molecule is CC1(CNc2ncnc(N3CCOC[C@@H]3c3ccc(C(F)(F)F)cc3)c2F)COC1. The van der Waals surface area contributed by atoms with E-state index in [0.717, 1.165) is 12.1 Å². The van der Waals surface area contributed by atoms with Crippen molar-refractivity contribution >= 4 is 11.6 Å². The van der Waals surface area contributed by atoms with E-state index in [-0.39, 0.29) is 23.7 Å². The molecule has 1 atom stereocenters. The Labute approximate surface area is 171 Å². The summed E-state index contributed by atoms with van der Waals surface area (Å²) in [6.45, 7) is 4.66. The van der Waals surface area contributed by atoms with Gasteiger partial charge in [-0.25, -0.2) is 9.97 Å². The number of benzene rings is 1. The first-order valence-electron chi connectivity index (χ1n) is 9.60. The number of aromatic nitrogens is 2. The largest absolute Gasteiger partial charge is 0.416 e. The Kier molecular flexibility index (Phi) is 5.54. The molecule has 0 aliphatic carbocycles. The van der Waals surface area contributed by atoms with Crippen LogP contribution in [0.4, 0.5) is 29.2 Å². The first-order valence-corrected chi connectivity index (χ1v) is 9.60. The average molecular weight is 426 g/mol. The number of ether oxygens (including phenoxy) is 2. The van der Waals surface area contributed by atoms with E-state index in [1.54, 1.807) is 4.90 Å². The molecule has 2 fully saturated rings. The molecular weight excluding hydrogens is 404 g/mol. The summed E-state index contributed by atoms with van der Waals surface area (Å²) in [6.07, 6.45) is -3.14. The topological polar surface area (TPSA) is 59.5 Å². The standard InChI is InChI=1S/C20H22F4N4O2/c1-19(10-30-11-19)9-25-17-16(21)18(27-12-26-17)28-6-7-29-8-15(28)13-2-4-14(5-3-13)20(22,23)24/h2-5,12,15H,6-11H2,1H3,(H,25,26,27)/t15-/m1/s1. The molecule has 2 saturated heterocycles. The van der Waals surface area contributed by atoms with Crippen molar-refractivity contribution in [3.05, 3.63) is 47.5 Å². The lowest BCUT2D eigenvalue weighted by Crippen LogP contribution is -2.45. The molecule has 1 aromatic carbocycles. The number of halogens is 4. The van der Waals surface area contributed by atoms with Crippen molar-refractivity contribution in [1.82, 2.24) is 9.97 Å². The van der Waals surface area contributed by atoms with Crippen LogP contribution in [-0.4, -0.2) is 49.5 Å². The maximum atomic E-state index is 15.2. The van der Waals surface area contributed by atoms with Crippen LogP contribution in [-0.2, 0) is 15.7 Å². The fraction of sp³-hybridized carbons (Fsp3) is 0.500. The van der Waals surface area contributed by atoms with Crippen LogP contribution in [0, 0.1) is 11.2 Å². The molecule has 10 heteroatoms. The van der Waals surface area contributed by atoms with E-state index in [1.807, 2.05) is 6.92 Å². The molecule has 0 unspecified atom stereocenters. The van der Waals surface area contributed by atoms with Gasteiger partial charge >= 0.3 is 6.18 Å². The van der Waals surface area contributed by atoms with Gasteiger partial charge in [-0.3, -0.25) is 0 Å². The van der Waals surface area contributed by atoms with Crippen molar-refractivity contribution in [3.8, 4) is 0 Å². The minimum absolute atomic E-state index is 0.0702. The van der Waals surface area contributed by atoms with Crippen molar-refractivity contribution in [3.63, 3.8) is 0 Å². The van der Waals surface area contributed by atoms with E-state index in [4.69, 9.17) is 9.47 Å². The second-order valence-corrected chi connectivity index (χ2v) is 7.92. The zero-order valence-corrected chi connectivity index (χ0v) is 16.4. The first kappa shape index (κ1) is 20.8. The molecule has 0 radical (unpaired) electrons. The van der Waals surface area contributed by atoms with E-state index in [2.05, 4.69) is 15.3 Å². The van der Waals surface area contributed by atoms with Crippen LogP contribution in [0.5, 0.6) is 0 Å². The Morgan fingerprint density at radius 2 is 1.90 bits per heavy atom. The molecule has 4 rings (SSSR count). The molecule has 0 bridgehead atoms. The lowest BCUT2D eigenvalue weighted by atomic mass is 9.89. The van der Waals surface area contributed by atoms with Crippen LogP contribution in [0.3, 0.4) is 0 Å². The van der Waals surface area contributed by atoms with Crippen molar-refractivity contribution in [1.29, 1.82) is 0 Å². The fourth-order valence-electron chi connectivity index (χ4n) is 3.56. The number of alkyl halides is 3. The number of anilines is 2. The lowest BCUT2D eigenvalue weighted by Gasteiger charge is -2.38. The third-order valence-electron chi connectivity index (χ3n) is 5.38. The maximum Gasteiger partial charge on any atom is 0.416 e. The normalized spacial score (nSPS) is 21.2. The van der Waals surface area contributed by atoms with Gasteiger partial charge in [-0.05, 0) is 17.7 Å². The molecule has 162 valence electrons. The number of morpholine rings is 1. The summed E-state index contributed by atoms with van der Waals surface area (Å²) in [4.78, 5) is 9.83. The van der Waals surface area contributed by atoms with Crippen LogP contribution >= 0.6 is 0 Å². The molecule has 2 aliphatic rings. The van der Waals surface area contributed by atoms with Crippen LogP contribution in [0.25, 0.3) is 0 Å². The summed E-state index contributed by atoms with van der Waals surface area (Å²) in [5.74, 6) is -0.415. The van der Waals surface area contributed by atoms with E-state index < -0.39 is 23.6 Å².